The first-order valence-corrected chi connectivity index (χ1v) is 9.67. The van der Waals surface area contributed by atoms with E-state index >= 15 is 0 Å². The molecule has 5 nitrogen and oxygen atoms in total. The van der Waals surface area contributed by atoms with Crippen LogP contribution in [0.5, 0.6) is 5.75 Å². The minimum atomic E-state index is -3.08. The van der Waals surface area contributed by atoms with Crippen molar-refractivity contribution in [1.29, 1.82) is 0 Å². The molecule has 1 atom stereocenters. The summed E-state index contributed by atoms with van der Waals surface area (Å²) < 4.78 is 23.6. The lowest BCUT2D eigenvalue weighted by molar-refractivity contribution is -0.123. The molecule has 2 saturated heterocycles. The Kier molecular flexibility index (Phi) is 4.00. The van der Waals surface area contributed by atoms with Crippen molar-refractivity contribution in [2.45, 2.75) is 12.5 Å². The van der Waals surface area contributed by atoms with E-state index in [1.165, 1.54) is 4.90 Å². The first-order valence-electron chi connectivity index (χ1n) is 6.62. The van der Waals surface area contributed by atoms with E-state index in [0.717, 1.165) is 11.8 Å². The van der Waals surface area contributed by atoms with Crippen LogP contribution < -0.4 is 0 Å². The van der Waals surface area contributed by atoms with Crippen molar-refractivity contribution in [2.24, 2.45) is 0 Å². The van der Waals surface area contributed by atoms with Crippen molar-refractivity contribution in [3.05, 3.63) is 34.7 Å². The van der Waals surface area contributed by atoms with Crippen LogP contribution >= 0.6 is 24.0 Å². The van der Waals surface area contributed by atoms with Gasteiger partial charge in [0.1, 0.15) is 10.1 Å². The second kappa shape index (κ2) is 5.68. The normalized spacial score (nSPS) is 26.1. The molecule has 22 heavy (non-hydrogen) atoms. The third kappa shape index (κ3) is 3.04. The first kappa shape index (κ1) is 15.5. The number of aromatic hydroxyl groups is 1. The summed E-state index contributed by atoms with van der Waals surface area (Å²) in [7, 11) is -3.08. The summed E-state index contributed by atoms with van der Waals surface area (Å²) in [6.07, 6.45) is 2.08. The molecule has 0 bridgehead atoms. The summed E-state index contributed by atoms with van der Waals surface area (Å²) in [6.45, 7) is 0. The van der Waals surface area contributed by atoms with Crippen LogP contribution in [0.4, 0.5) is 0 Å². The molecule has 1 N–H and O–H groups in total. The highest BCUT2D eigenvalue weighted by Gasteiger charge is 2.42. The van der Waals surface area contributed by atoms with Crippen LogP contribution in [0.3, 0.4) is 0 Å². The van der Waals surface area contributed by atoms with Gasteiger partial charge in [-0.15, -0.1) is 0 Å². The summed E-state index contributed by atoms with van der Waals surface area (Å²) in [5.41, 5.74) is 0.694. The molecule has 116 valence electrons. The Morgan fingerprint density at radius 2 is 2.18 bits per heavy atom. The van der Waals surface area contributed by atoms with Crippen molar-refractivity contribution in [3.63, 3.8) is 0 Å². The monoisotopic (exact) mass is 355 g/mol. The highest BCUT2D eigenvalue weighted by atomic mass is 32.2. The second-order valence-corrected chi connectivity index (χ2v) is 9.11. The van der Waals surface area contributed by atoms with Crippen molar-refractivity contribution in [2.75, 3.05) is 11.5 Å². The fourth-order valence-corrected chi connectivity index (χ4v) is 5.64. The number of phenols is 1. The molecule has 0 unspecified atom stereocenters. The number of hydrogen-bond donors (Lipinski definition) is 1. The van der Waals surface area contributed by atoms with Gasteiger partial charge in [0.05, 0.1) is 22.5 Å². The van der Waals surface area contributed by atoms with Gasteiger partial charge >= 0.3 is 0 Å². The topological polar surface area (TPSA) is 74.7 Å². The number of rotatable bonds is 2. The minimum Gasteiger partial charge on any atom is -0.508 e. The maximum absolute atomic E-state index is 12.5. The van der Waals surface area contributed by atoms with Gasteiger partial charge in [0, 0.05) is 0 Å². The van der Waals surface area contributed by atoms with Crippen LogP contribution in [0.2, 0.25) is 0 Å². The van der Waals surface area contributed by atoms with Gasteiger partial charge in [-0.25, -0.2) is 8.42 Å². The summed E-state index contributed by atoms with van der Waals surface area (Å²) in [5.74, 6) is -0.0781. The third-order valence-corrected chi connectivity index (χ3v) is 6.65. The van der Waals surface area contributed by atoms with E-state index in [4.69, 9.17) is 12.2 Å². The molecule has 1 aromatic carbocycles. The molecular weight excluding hydrogens is 342 g/mol. The predicted molar refractivity (Wildman–Crippen MR) is 90.2 cm³/mol. The number of phenolic OH excluding ortho intramolecular Hbond substituents is 1. The van der Waals surface area contributed by atoms with Gasteiger partial charge in [0.15, 0.2) is 9.84 Å². The number of hydrogen-bond acceptors (Lipinski definition) is 6. The fraction of sp³-hybridized carbons (Fsp3) is 0.286. The zero-order valence-corrected chi connectivity index (χ0v) is 13.9. The molecule has 0 radical (unpaired) electrons. The minimum absolute atomic E-state index is 0.0289. The third-order valence-electron chi connectivity index (χ3n) is 3.57. The van der Waals surface area contributed by atoms with E-state index in [2.05, 4.69) is 0 Å². The number of benzene rings is 1. The number of amides is 1. The van der Waals surface area contributed by atoms with E-state index in [0.29, 0.717) is 21.2 Å². The maximum atomic E-state index is 12.5. The molecule has 3 rings (SSSR count). The van der Waals surface area contributed by atoms with Crippen LogP contribution in [0.15, 0.2) is 29.2 Å². The Morgan fingerprint density at radius 3 is 2.82 bits per heavy atom. The molecule has 2 aliphatic rings. The molecule has 0 spiro atoms. The zero-order valence-electron chi connectivity index (χ0n) is 11.4. The Morgan fingerprint density at radius 1 is 1.41 bits per heavy atom. The summed E-state index contributed by atoms with van der Waals surface area (Å²) >= 11 is 6.39. The standard InChI is InChI=1S/C14H13NO4S3/c16-11-3-1-2-9(6-11)7-12-13(17)15(14(20)21-12)10-4-5-22(18,19)8-10/h1-3,6-7,10,16H,4-5,8H2/b12-7+/t10-/m1/s1. The molecule has 1 amide bonds. The van der Waals surface area contributed by atoms with Gasteiger partial charge in [-0.05, 0) is 30.2 Å². The number of sulfone groups is 1. The Hall–Kier alpha value is -1.38. The van der Waals surface area contributed by atoms with Gasteiger partial charge in [-0.2, -0.15) is 0 Å². The highest BCUT2D eigenvalue weighted by molar-refractivity contribution is 8.26. The number of nitrogens with zero attached hydrogens (tertiary/aromatic N) is 1. The van der Waals surface area contributed by atoms with Gasteiger partial charge in [0.25, 0.3) is 5.91 Å². The van der Waals surface area contributed by atoms with Crippen LogP contribution in [0, 0.1) is 0 Å². The lowest BCUT2D eigenvalue weighted by atomic mass is 10.2. The number of thioether (sulfide) groups is 1. The Labute approximate surface area is 137 Å². The lowest BCUT2D eigenvalue weighted by Gasteiger charge is -2.20. The number of thiocarbonyl (C=S) groups is 1. The van der Waals surface area contributed by atoms with E-state index in [9.17, 15) is 18.3 Å². The summed E-state index contributed by atoms with van der Waals surface area (Å²) in [4.78, 5) is 14.4. The maximum Gasteiger partial charge on any atom is 0.266 e. The molecule has 0 aromatic heterocycles. The van der Waals surface area contributed by atoms with Crippen molar-refractivity contribution in [3.8, 4) is 5.75 Å². The lowest BCUT2D eigenvalue weighted by Crippen LogP contribution is -2.39. The smallest absolute Gasteiger partial charge is 0.266 e. The molecular formula is C14H13NO4S3. The van der Waals surface area contributed by atoms with E-state index in [-0.39, 0.29) is 29.2 Å². The van der Waals surface area contributed by atoms with Gasteiger partial charge in [-0.1, -0.05) is 36.1 Å². The summed E-state index contributed by atoms with van der Waals surface area (Å²) in [5, 5.41) is 9.46. The molecule has 2 heterocycles. The number of carbonyl (C=O) groups is 1. The zero-order chi connectivity index (χ0) is 15.9. The largest absolute Gasteiger partial charge is 0.508 e. The van der Waals surface area contributed by atoms with Crippen LogP contribution in [0.1, 0.15) is 12.0 Å². The predicted octanol–water partition coefficient (Wildman–Crippen LogP) is 1.78. The fourth-order valence-electron chi connectivity index (χ4n) is 2.54. The quantitative estimate of drug-likeness (QED) is 0.644. The average Bonchev–Trinajstić information content (AvgIpc) is 2.90. The molecule has 8 heteroatoms. The van der Waals surface area contributed by atoms with Gasteiger partial charge < -0.3 is 5.11 Å². The van der Waals surface area contributed by atoms with Crippen LogP contribution in [-0.4, -0.2) is 46.2 Å². The van der Waals surface area contributed by atoms with Crippen molar-refractivity contribution < 1.29 is 18.3 Å². The SMILES string of the molecule is O=C1/C(=C\c2cccc(O)c2)SC(=S)N1[C@@H]1CCS(=O)(=O)C1. The first-order chi connectivity index (χ1) is 10.4. The molecule has 2 aliphatic heterocycles. The number of carbonyl (C=O) groups excluding carboxylic acids is 1. The van der Waals surface area contributed by atoms with Crippen LogP contribution in [0.25, 0.3) is 6.08 Å². The van der Waals surface area contributed by atoms with E-state index in [1.807, 2.05) is 0 Å². The van der Waals surface area contributed by atoms with Gasteiger partial charge in [-0.3, -0.25) is 9.69 Å². The van der Waals surface area contributed by atoms with Crippen molar-refractivity contribution in [1.82, 2.24) is 4.90 Å². The Bertz CT molecular complexity index is 785. The van der Waals surface area contributed by atoms with Crippen LogP contribution in [-0.2, 0) is 14.6 Å². The Balaban J connectivity index is 1.86. The highest BCUT2D eigenvalue weighted by Crippen LogP contribution is 2.36. The van der Waals surface area contributed by atoms with Crippen molar-refractivity contribution >= 4 is 50.1 Å². The average molecular weight is 355 g/mol. The summed E-state index contributed by atoms with van der Waals surface area (Å²) in [6, 6.07) is 6.18. The van der Waals surface area contributed by atoms with E-state index < -0.39 is 9.84 Å². The second-order valence-electron chi connectivity index (χ2n) is 5.20. The molecule has 1 aromatic rings. The van der Waals surface area contributed by atoms with Gasteiger partial charge in [0.2, 0.25) is 0 Å². The molecule has 0 saturated carbocycles. The van der Waals surface area contributed by atoms with E-state index in [1.54, 1.807) is 30.3 Å². The molecule has 2 fully saturated rings. The molecule has 0 aliphatic carbocycles.